The predicted octanol–water partition coefficient (Wildman–Crippen LogP) is 36.9. The van der Waals surface area contributed by atoms with Gasteiger partial charge in [-0.2, -0.15) is 0 Å². The maximum atomic E-state index is 5.73. The fourth-order valence-corrected chi connectivity index (χ4v) is 26.0. The summed E-state index contributed by atoms with van der Waals surface area (Å²) in [5, 5.41) is 18.7. The topological polar surface area (TPSA) is 38.2 Å². The van der Waals surface area contributed by atoms with Crippen LogP contribution >= 0.6 is 58.4 Å². The van der Waals surface area contributed by atoms with Gasteiger partial charge in [-0.25, -0.2) is 0 Å². The van der Waals surface area contributed by atoms with E-state index >= 15 is 0 Å². The molecule has 0 saturated heterocycles. The minimum absolute atomic E-state index is 0.00794. The molecule has 0 unspecified atom stereocenters. The molecule has 29 rings (SSSR count). The van der Waals surface area contributed by atoms with Crippen molar-refractivity contribution in [2.45, 2.75) is 93.0 Å². The van der Waals surface area contributed by atoms with Gasteiger partial charge in [0.1, 0.15) is 0 Å². The molecular formula is C126H96N4O2S5. The van der Waals surface area contributed by atoms with Crippen molar-refractivity contribution in [3.8, 4) is 45.5 Å². The summed E-state index contributed by atoms with van der Waals surface area (Å²) in [7, 11) is 4.29. The standard InChI is InChI=1S/C28H23N.C25H17NS.2C17H13N.C13H10O2.2C13H10S2/c1-18-13-14-26-22(15-18)23-16-21-20-11-7-8-12-24(20)28(2,3)25(21)17-27(23)29(26)19-9-5-4-6-10-19;1-16-11-12-22-19(13-16)20-15-25-21(18-9-5-6-10-24(18)27-25)14-23(20)26(22)17-7-3-2-4-8-17;1-18-16-9-5-4-8-14(16)15-11-10-12-6-2-3-7-13(12)17(15)18;1-18-15-9-5-4-8-14(15)17-13-7-3-2-6-12(13)10-11-16(17)18;1-9-6-7-12-13(8-9)15-11-5-3-2-4-10(11)14-12;1-9-5-4-8-12-13(9)15-11-7-3-2-6-10(11)14-12;1-9-6-7-12-13(8-9)15-11-5-3-2-4-10(11)14-12/h4-17H,1-3H3;2-15H,1H3;2*2-11H,1H3;3*2-8H,1H3. The summed E-state index contributed by atoms with van der Waals surface area (Å²) in [6, 6.07) is 149. The van der Waals surface area contributed by atoms with Gasteiger partial charge in [-0.1, -0.05) is 327 Å². The Hall–Kier alpha value is -14.7. The van der Waals surface area contributed by atoms with Crippen LogP contribution in [0.15, 0.2) is 458 Å². The van der Waals surface area contributed by atoms with E-state index in [0.29, 0.717) is 0 Å². The van der Waals surface area contributed by atoms with Crippen molar-refractivity contribution in [2.75, 3.05) is 0 Å². The summed E-state index contributed by atoms with van der Waals surface area (Å²) in [4.78, 5) is 11.1. The molecule has 6 nitrogen and oxygen atoms in total. The molecule has 0 atom stereocenters. The molecule has 0 spiro atoms. The molecule has 8 heterocycles. The van der Waals surface area contributed by atoms with Crippen molar-refractivity contribution >= 4 is 187 Å². The molecule has 0 amide bonds. The van der Waals surface area contributed by atoms with Gasteiger partial charge in [-0.15, -0.1) is 11.3 Å². The zero-order valence-electron chi connectivity index (χ0n) is 77.5. The molecule has 137 heavy (non-hydrogen) atoms. The first-order valence-corrected chi connectivity index (χ1v) is 50.7. The van der Waals surface area contributed by atoms with Gasteiger partial charge in [-0.3, -0.25) is 0 Å². The average Bonchev–Trinajstić information content (AvgIpc) is 1.55. The fourth-order valence-electron chi connectivity index (χ4n) is 20.2. The summed E-state index contributed by atoms with van der Waals surface area (Å²) in [5.41, 5.74) is 24.8. The molecule has 4 aliphatic rings. The number of fused-ring (bicyclic) bond motifs is 28. The van der Waals surface area contributed by atoms with E-state index in [9.17, 15) is 0 Å². The average molecular weight is 1860 g/mol. The Labute approximate surface area is 818 Å². The molecule has 5 aromatic heterocycles. The van der Waals surface area contributed by atoms with Crippen molar-refractivity contribution in [3.63, 3.8) is 0 Å². The monoisotopic (exact) mass is 1860 g/mol. The van der Waals surface area contributed by atoms with Crippen molar-refractivity contribution in [2.24, 2.45) is 14.1 Å². The van der Waals surface area contributed by atoms with Crippen LogP contribution in [0.1, 0.15) is 52.8 Å². The van der Waals surface area contributed by atoms with Crippen LogP contribution in [0, 0.1) is 34.6 Å². The molecule has 1 aliphatic carbocycles. The maximum absolute atomic E-state index is 5.73. The number of rotatable bonds is 2. The Balaban J connectivity index is 0.0000000912. The molecule has 0 fully saturated rings. The number of benzene rings is 20. The second-order valence-electron chi connectivity index (χ2n) is 36.2. The number of aryl methyl sites for hydroxylation is 7. The van der Waals surface area contributed by atoms with Crippen LogP contribution in [0.25, 0.3) is 151 Å². The molecule has 0 N–H and O–H groups in total. The SMILES string of the molecule is Cc1ccc2c(c1)Oc1ccccc1O2.Cc1ccc2c(c1)Sc1ccccc1S2.Cc1ccc2c(c1)c1cc3c(cc1n2-c1ccccc1)C(C)(C)c1ccccc1-3.Cc1ccc2c(c1)c1cc3sc4ccccc4c3cc1n2-c1ccccc1.Cc1cccc2c1Sc1ccccc1S2.Cn1c2ccccc2c2c3ccccc3ccc21.Cn1c2ccccc2c2ccc3ccccc3c21. The van der Waals surface area contributed by atoms with Crippen molar-refractivity contribution < 1.29 is 9.47 Å². The highest BCUT2D eigenvalue weighted by atomic mass is 32.2. The van der Waals surface area contributed by atoms with Gasteiger partial charge in [0, 0.05) is 155 Å². The first kappa shape index (κ1) is 86.5. The largest absolute Gasteiger partial charge is 0.450 e. The lowest BCUT2D eigenvalue weighted by Crippen LogP contribution is -2.14. The smallest absolute Gasteiger partial charge is 0.170 e. The van der Waals surface area contributed by atoms with Gasteiger partial charge in [0.15, 0.2) is 23.0 Å². The summed E-state index contributed by atoms with van der Waals surface area (Å²) < 4.78 is 23.5. The number of thiophene rings is 1. The third-order valence-corrected chi connectivity index (χ3v) is 33.3. The van der Waals surface area contributed by atoms with Gasteiger partial charge in [0.25, 0.3) is 0 Å². The Morgan fingerprint density at radius 1 is 0.241 bits per heavy atom. The number of para-hydroxylation sites is 6. The van der Waals surface area contributed by atoms with Crippen molar-refractivity contribution in [1.82, 2.24) is 18.3 Å². The van der Waals surface area contributed by atoms with E-state index in [1.165, 1.54) is 224 Å². The molecule has 20 aromatic carbocycles. The summed E-state index contributed by atoms with van der Waals surface area (Å²) in [6.45, 7) is 15.4. The van der Waals surface area contributed by atoms with Crippen LogP contribution in [-0.2, 0) is 19.5 Å². The highest BCUT2D eigenvalue weighted by molar-refractivity contribution is 8.05. The summed E-state index contributed by atoms with van der Waals surface area (Å²) in [5.74, 6) is 3.11. The van der Waals surface area contributed by atoms with Crippen molar-refractivity contribution in [1.29, 1.82) is 0 Å². The minimum atomic E-state index is 0.00794. The lowest BCUT2D eigenvalue weighted by Gasteiger charge is -2.21. The van der Waals surface area contributed by atoms with E-state index in [-0.39, 0.29) is 5.41 Å². The molecular weight excluding hydrogens is 1760 g/mol. The van der Waals surface area contributed by atoms with Gasteiger partial charge in [0.05, 0.1) is 27.6 Å². The highest BCUT2D eigenvalue weighted by Gasteiger charge is 2.37. The minimum Gasteiger partial charge on any atom is -0.450 e. The van der Waals surface area contributed by atoms with Gasteiger partial charge >= 0.3 is 0 Å². The van der Waals surface area contributed by atoms with Gasteiger partial charge in [-0.05, 0) is 254 Å². The van der Waals surface area contributed by atoms with Crippen LogP contribution in [0.5, 0.6) is 23.0 Å². The fraction of sp³-hybridized carbons (Fsp3) is 0.0794. The van der Waals surface area contributed by atoms with E-state index in [2.05, 4.69) is 450 Å². The number of aromatic nitrogens is 4. The zero-order valence-corrected chi connectivity index (χ0v) is 81.6. The van der Waals surface area contributed by atoms with E-state index in [4.69, 9.17) is 9.47 Å². The van der Waals surface area contributed by atoms with E-state index in [1.54, 1.807) is 0 Å². The maximum Gasteiger partial charge on any atom is 0.170 e. The van der Waals surface area contributed by atoms with E-state index in [0.717, 1.165) is 28.6 Å². The van der Waals surface area contributed by atoms with Crippen molar-refractivity contribution in [3.05, 3.63) is 458 Å². The lowest BCUT2D eigenvalue weighted by atomic mass is 9.82. The number of hydrogen-bond donors (Lipinski definition) is 0. The van der Waals surface area contributed by atoms with Crippen LogP contribution in [-0.4, -0.2) is 18.3 Å². The first-order chi connectivity index (χ1) is 67.1. The molecule has 25 aromatic rings. The van der Waals surface area contributed by atoms with E-state index in [1.807, 2.05) is 108 Å². The molecule has 662 valence electrons. The summed E-state index contributed by atoms with van der Waals surface area (Å²) >= 11 is 9.40. The molecule has 3 aliphatic heterocycles. The van der Waals surface area contributed by atoms with Crippen LogP contribution in [0.4, 0.5) is 0 Å². The van der Waals surface area contributed by atoms with Crippen LogP contribution in [0.3, 0.4) is 0 Å². The zero-order chi connectivity index (χ0) is 92.7. The first-order valence-electron chi connectivity index (χ1n) is 46.6. The van der Waals surface area contributed by atoms with Crippen LogP contribution in [0.2, 0.25) is 0 Å². The van der Waals surface area contributed by atoms with Crippen LogP contribution < -0.4 is 9.47 Å². The third kappa shape index (κ3) is 16.0. The highest BCUT2D eigenvalue weighted by Crippen LogP contribution is 2.54. The third-order valence-electron chi connectivity index (χ3n) is 26.9. The summed E-state index contributed by atoms with van der Waals surface area (Å²) in [6.07, 6.45) is 0. The normalized spacial score (nSPS) is 12.6. The Kier molecular flexibility index (Phi) is 22.8. The van der Waals surface area contributed by atoms with Gasteiger partial charge in [0.2, 0.25) is 0 Å². The Bertz CT molecular complexity index is 8950. The quantitative estimate of drug-likeness (QED) is 0.172. The Morgan fingerprint density at radius 3 is 1.39 bits per heavy atom. The number of ether oxygens (including phenoxy) is 2. The van der Waals surface area contributed by atoms with E-state index < -0.39 is 0 Å². The number of nitrogens with zero attached hydrogens (tertiary/aromatic N) is 4. The molecule has 0 bridgehead atoms. The molecule has 11 heteroatoms. The molecule has 0 radical (unpaired) electrons. The second kappa shape index (κ2) is 36.2. The Morgan fingerprint density at radius 2 is 0.708 bits per heavy atom. The number of hydrogen-bond acceptors (Lipinski definition) is 7. The lowest BCUT2D eigenvalue weighted by molar-refractivity contribution is 0.359. The van der Waals surface area contributed by atoms with Gasteiger partial charge < -0.3 is 27.7 Å². The second-order valence-corrected chi connectivity index (χ2v) is 41.6. The predicted molar refractivity (Wildman–Crippen MR) is 587 cm³/mol. The molecule has 0 saturated carbocycles.